The van der Waals surface area contributed by atoms with E-state index in [1.165, 1.54) is 4.88 Å². The van der Waals surface area contributed by atoms with E-state index in [4.69, 9.17) is 11.6 Å². The highest BCUT2D eigenvalue weighted by Gasteiger charge is 2.16. The highest BCUT2D eigenvalue weighted by Crippen LogP contribution is 2.25. The van der Waals surface area contributed by atoms with Crippen molar-refractivity contribution < 1.29 is 0 Å². The molecule has 2 heterocycles. The highest BCUT2D eigenvalue weighted by molar-refractivity contribution is 7.16. The fourth-order valence-electron chi connectivity index (χ4n) is 2.33. The zero-order chi connectivity index (χ0) is 15.7. The SMILES string of the molecule is C[C@@H](c1nc2ccccc2c(=O)[nH]1)N(C)Cc1ccc(Cl)s1. The van der Waals surface area contributed by atoms with Crippen LogP contribution in [0.5, 0.6) is 0 Å². The number of hydrogen-bond donors (Lipinski definition) is 1. The Morgan fingerprint density at radius 2 is 2.09 bits per heavy atom. The molecular weight excluding hydrogens is 318 g/mol. The molecule has 0 saturated carbocycles. The molecular formula is C16H16ClN3OS. The maximum absolute atomic E-state index is 12.2. The maximum atomic E-state index is 12.2. The molecule has 1 N–H and O–H groups in total. The molecule has 0 aliphatic rings. The van der Waals surface area contributed by atoms with Crippen molar-refractivity contribution in [3.05, 3.63) is 61.8 Å². The van der Waals surface area contributed by atoms with Gasteiger partial charge in [0.2, 0.25) is 0 Å². The lowest BCUT2D eigenvalue weighted by molar-refractivity contribution is 0.246. The number of benzene rings is 1. The lowest BCUT2D eigenvalue weighted by Crippen LogP contribution is -2.25. The van der Waals surface area contributed by atoms with E-state index in [1.807, 2.05) is 44.3 Å². The van der Waals surface area contributed by atoms with Gasteiger partial charge in [-0.15, -0.1) is 11.3 Å². The number of nitrogens with zero attached hydrogens (tertiary/aromatic N) is 2. The molecule has 0 unspecified atom stereocenters. The van der Waals surface area contributed by atoms with Gasteiger partial charge in [-0.25, -0.2) is 4.98 Å². The standard InChI is InChI=1S/C16H16ClN3OS/c1-10(20(2)9-11-7-8-14(17)22-11)15-18-13-6-4-3-5-12(13)16(21)19-15/h3-8,10H,9H2,1-2H3,(H,18,19,21)/t10-/m0/s1. The summed E-state index contributed by atoms with van der Waals surface area (Å²) in [7, 11) is 2.01. The molecule has 0 aliphatic heterocycles. The van der Waals surface area contributed by atoms with Crippen LogP contribution in [0.1, 0.15) is 23.7 Å². The lowest BCUT2D eigenvalue weighted by Gasteiger charge is -2.23. The van der Waals surface area contributed by atoms with Crippen LogP contribution in [0.25, 0.3) is 10.9 Å². The summed E-state index contributed by atoms with van der Waals surface area (Å²) in [6.45, 7) is 2.79. The molecule has 3 aromatic rings. The van der Waals surface area contributed by atoms with Crippen LogP contribution < -0.4 is 5.56 Å². The third-order valence-corrected chi connectivity index (χ3v) is 4.94. The van der Waals surface area contributed by atoms with Gasteiger partial charge in [-0.05, 0) is 38.2 Å². The van der Waals surface area contributed by atoms with E-state index in [2.05, 4.69) is 14.9 Å². The average Bonchev–Trinajstić information content (AvgIpc) is 2.91. The molecule has 3 rings (SSSR count). The predicted octanol–water partition coefficient (Wildman–Crippen LogP) is 3.83. The number of nitrogens with one attached hydrogen (secondary N) is 1. The number of aromatic amines is 1. The third kappa shape index (κ3) is 3.06. The summed E-state index contributed by atoms with van der Waals surface area (Å²) in [5, 5.41) is 0.617. The summed E-state index contributed by atoms with van der Waals surface area (Å²) in [6, 6.07) is 11.3. The molecule has 4 nitrogen and oxygen atoms in total. The Hall–Kier alpha value is -1.69. The number of fused-ring (bicyclic) bond motifs is 1. The van der Waals surface area contributed by atoms with Crippen molar-refractivity contribution in [2.45, 2.75) is 19.5 Å². The smallest absolute Gasteiger partial charge is 0.258 e. The van der Waals surface area contributed by atoms with Gasteiger partial charge < -0.3 is 4.98 Å². The molecule has 114 valence electrons. The Labute approximate surface area is 137 Å². The molecule has 0 radical (unpaired) electrons. The Balaban J connectivity index is 1.88. The zero-order valence-electron chi connectivity index (χ0n) is 12.3. The topological polar surface area (TPSA) is 49.0 Å². The van der Waals surface area contributed by atoms with Crippen LogP contribution >= 0.6 is 22.9 Å². The molecule has 0 aliphatic carbocycles. The normalized spacial score (nSPS) is 12.9. The fourth-order valence-corrected chi connectivity index (χ4v) is 3.48. The molecule has 0 fully saturated rings. The molecule has 1 aromatic carbocycles. The van der Waals surface area contributed by atoms with Gasteiger partial charge in [0, 0.05) is 11.4 Å². The Morgan fingerprint density at radius 3 is 2.82 bits per heavy atom. The number of halogens is 1. The summed E-state index contributed by atoms with van der Waals surface area (Å²) in [6.07, 6.45) is 0. The van der Waals surface area contributed by atoms with Crippen molar-refractivity contribution >= 4 is 33.8 Å². The quantitative estimate of drug-likeness (QED) is 0.789. The molecule has 0 spiro atoms. The van der Waals surface area contributed by atoms with Crippen LogP contribution in [-0.4, -0.2) is 21.9 Å². The summed E-state index contributed by atoms with van der Waals surface area (Å²) in [5.74, 6) is 0.675. The van der Waals surface area contributed by atoms with Gasteiger partial charge in [0.1, 0.15) is 5.82 Å². The molecule has 0 bridgehead atoms. The Morgan fingerprint density at radius 1 is 1.32 bits per heavy atom. The molecule has 0 amide bonds. The number of para-hydroxylation sites is 1. The van der Waals surface area contributed by atoms with Gasteiger partial charge in [0.05, 0.1) is 21.3 Å². The van der Waals surface area contributed by atoms with Crippen LogP contribution in [-0.2, 0) is 6.54 Å². The van der Waals surface area contributed by atoms with Crippen LogP contribution in [0.4, 0.5) is 0 Å². The van der Waals surface area contributed by atoms with Gasteiger partial charge >= 0.3 is 0 Å². The molecule has 22 heavy (non-hydrogen) atoms. The van der Waals surface area contributed by atoms with Crippen molar-refractivity contribution in [1.29, 1.82) is 0 Å². The Bertz CT molecular complexity index is 858. The first-order valence-corrected chi connectivity index (χ1v) is 8.17. The largest absolute Gasteiger partial charge is 0.309 e. The average molecular weight is 334 g/mol. The minimum absolute atomic E-state index is 0.00168. The number of hydrogen-bond acceptors (Lipinski definition) is 4. The number of aromatic nitrogens is 2. The monoisotopic (exact) mass is 333 g/mol. The molecule has 1 atom stereocenters. The fraction of sp³-hybridized carbons (Fsp3) is 0.250. The first kappa shape index (κ1) is 15.2. The van der Waals surface area contributed by atoms with Crippen molar-refractivity contribution in [3.8, 4) is 0 Å². The second kappa shape index (κ2) is 6.20. The maximum Gasteiger partial charge on any atom is 0.258 e. The van der Waals surface area contributed by atoms with E-state index in [1.54, 1.807) is 17.4 Å². The summed E-state index contributed by atoms with van der Waals surface area (Å²) in [4.78, 5) is 23.0. The van der Waals surface area contributed by atoms with Gasteiger partial charge in [-0.1, -0.05) is 23.7 Å². The van der Waals surface area contributed by atoms with Gasteiger partial charge in [-0.2, -0.15) is 0 Å². The number of rotatable bonds is 4. The van der Waals surface area contributed by atoms with Crippen LogP contribution in [0.2, 0.25) is 4.34 Å². The van der Waals surface area contributed by atoms with E-state index in [-0.39, 0.29) is 11.6 Å². The van der Waals surface area contributed by atoms with E-state index in [0.717, 1.165) is 16.4 Å². The second-order valence-electron chi connectivity index (χ2n) is 5.27. The highest BCUT2D eigenvalue weighted by atomic mass is 35.5. The van der Waals surface area contributed by atoms with E-state index < -0.39 is 0 Å². The van der Waals surface area contributed by atoms with Crippen molar-refractivity contribution in [1.82, 2.24) is 14.9 Å². The molecule has 6 heteroatoms. The van der Waals surface area contributed by atoms with Crippen LogP contribution in [0.15, 0.2) is 41.2 Å². The van der Waals surface area contributed by atoms with Crippen LogP contribution in [0.3, 0.4) is 0 Å². The Kier molecular flexibility index (Phi) is 4.29. The van der Waals surface area contributed by atoms with Crippen LogP contribution in [0, 0.1) is 0 Å². The van der Waals surface area contributed by atoms with Gasteiger partial charge in [0.25, 0.3) is 5.56 Å². The summed E-state index contributed by atoms with van der Waals surface area (Å²) < 4.78 is 0.785. The second-order valence-corrected chi connectivity index (χ2v) is 7.06. The van der Waals surface area contributed by atoms with Gasteiger partial charge in [0.15, 0.2) is 0 Å². The molecule has 0 saturated heterocycles. The van der Waals surface area contributed by atoms with E-state index in [0.29, 0.717) is 11.2 Å². The zero-order valence-corrected chi connectivity index (χ0v) is 13.9. The van der Waals surface area contributed by atoms with Gasteiger partial charge in [-0.3, -0.25) is 9.69 Å². The van der Waals surface area contributed by atoms with E-state index >= 15 is 0 Å². The summed E-state index contributed by atoms with van der Waals surface area (Å²) in [5.41, 5.74) is 0.626. The minimum atomic E-state index is -0.0972. The summed E-state index contributed by atoms with van der Waals surface area (Å²) >= 11 is 7.53. The minimum Gasteiger partial charge on any atom is -0.309 e. The third-order valence-electron chi connectivity index (χ3n) is 3.72. The first-order valence-electron chi connectivity index (χ1n) is 6.98. The number of thiophene rings is 1. The first-order chi connectivity index (χ1) is 10.5. The number of H-pyrrole nitrogens is 1. The lowest BCUT2D eigenvalue weighted by atomic mass is 10.2. The van der Waals surface area contributed by atoms with E-state index in [9.17, 15) is 4.79 Å². The molecule has 2 aromatic heterocycles. The van der Waals surface area contributed by atoms with Crippen molar-refractivity contribution in [3.63, 3.8) is 0 Å². The van der Waals surface area contributed by atoms with Crippen molar-refractivity contribution in [2.24, 2.45) is 0 Å². The van der Waals surface area contributed by atoms with Crippen molar-refractivity contribution in [2.75, 3.05) is 7.05 Å². The predicted molar refractivity (Wildman–Crippen MR) is 91.6 cm³/mol.